The first-order valence-corrected chi connectivity index (χ1v) is 12.7. The van der Waals surface area contributed by atoms with Crippen molar-refractivity contribution in [1.29, 1.82) is 0 Å². The van der Waals surface area contributed by atoms with Crippen molar-refractivity contribution in [3.05, 3.63) is 89.1 Å². The highest BCUT2D eigenvalue weighted by atomic mass is 32.2. The van der Waals surface area contributed by atoms with Gasteiger partial charge in [0.15, 0.2) is 0 Å². The SMILES string of the molecule is O=C(c1cc(C2CC2)nn1-c1ccccc1)N1CCN(S(=O)(=O)/C=C/c2ccccc2)CC1. The van der Waals surface area contributed by atoms with Gasteiger partial charge in [-0.05, 0) is 42.7 Å². The lowest BCUT2D eigenvalue weighted by atomic mass is 10.2. The zero-order chi connectivity index (χ0) is 22.8. The van der Waals surface area contributed by atoms with Crippen LogP contribution in [-0.2, 0) is 10.0 Å². The fraction of sp³-hybridized carbons (Fsp3) is 0.280. The van der Waals surface area contributed by atoms with E-state index in [1.807, 2.05) is 66.7 Å². The predicted octanol–water partition coefficient (Wildman–Crippen LogP) is 3.51. The van der Waals surface area contributed by atoms with Crippen LogP contribution >= 0.6 is 0 Å². The lowest BCUT2D eigenvalue weighted by molar-refractivity contribution is 0.0689. The Morgan fingerprint density at radius 1 is 0.909 bits per heavy atom. The molecule has 5 rings (SSSR count). The van der Waals surface area contributed by atoms with Crippen molar-refractivity contribution < 1.29 is 13.2 Å². The molecule has 0 atom stereocenters. The minimum atomic E-state index is -3.55. The van der Waals surface area contributed by atoms with E-state index in [4.69, 9.17) is 5.10 Å². The van der Waals surface area contributed by atoms with Crippen molar-refractivity contribution in [2.75, 3.05) is 26.2 Å². The van der Waals surface area contributed by atoms with E-state index in [2.05, 4.69) is 0 Å². The predicted molar refractivity (Wildman–Crippen MR) is 127 cm³/mol. The molecule has 3 aromatic rings. The number of nitrogens with zero attached hydrogens (tertiary/aromatic N) is 4. The number of sulfonamides is 1. The van der Waals surface area contributed by atoms with Gasteiger partial charge in [0.1, 0.15) is 5.69 Å². The molecule has 1 aliphatic heterocycles. The van der Waals surface area contributed by atoms with Crippen molar-refractivity contribution in [2.24, 2.45) is 0 Å². The maximum absolute atomic E-state index is 13.4. The molecule has 1 aliphatic carbocycles. The molecule has 2 aliphatic rings. The highest BCUT2D eigenvalue weighted by molar-refractivity contribution is 7.92. The Kier molecular flexibility index (Phi) is 5.86. The molecule has 0 N–H and O–H groups in total. The first kappa shape index (κ1) is 21.6. The second-order valence-electron chi connectivity index (χ2n) is 8.43. The minimum absolute atomic E-state index is 0.116. The van der Waals surface area contributed by atoms with Gasteiger partial charge >= 0.3 is 0 Å². The molecule has 2 heterocycles. The second kappa shape index (κ2) is 8.96. The molecule has 170 valence electrons. The van der Waals surface area contributed by atoms with Crippen LogP contribution in [0.4, 0.5) is 0 Å². The molecule has 1 saturated heterocycles. The van der Waals surface area contributed by atoms with Crippen molar-refractivity contribution in [2.45, 2.75) is 18.8 Å². The Labute approximate surface area is 194 Å². The molecule has 7 nitrogen and oxygen atoms in total. The standard InChI is InChI=1S/C25H26N4O3S/c30-25(24-19-23(21-11-12-21)26-29(24)22-9-5-2-6-10-22)27-14-16-28(17-15-27)33(31,32)18-13-20-7-3-1-4-8-20/h1-10,13,18-19,21H,11-12,14-17H2/b18-13+. The summed E-state index contributed by atoms with van der Waals surface area (Å²) in [6, 6.07) is 20.9. The summed E-state index contributed by atoms with van der Waals surface area (Å²) in [5, 5.41) is 5.96. The van der Waals surface area contributed by atoms with Gasteiger partial charge in [0, 0.05) is 37.5 Å². The Morgan fingerprint density at radius 2 is 1.55 bits per heavy atom. The number of amides is 1. The van der Waals surface area contributed by atoms with Crippen LogP contribution in [0.25, 0.3) is 11.8 Å². The molecular formula is C25H26N4O3S. The van der Waals surface area contributed by atoms with Gasteiger partial charge in [-0.15, -0.1) is 0 Å². The van der Waals surface area contributed by atoms with Gasteiger partial charge in [-0.1, -0.05) is 48.5 Å². The molecule has 0 radical (unpaired) electrons. The van der Waals surface area contributed by atoms with Gasteiger partial charge < -0.3 is 4.90 Å². The van der Waals surface area contributed by atoms with E-state index in [9.17, 15) is 13.2 Å². The number of hydrogen-bond donors (Lipinski definition) is 0. The van der Waals surface area contributed by atoms with Gasteiger partial charge in [-0.25, -0.2) is 13.1 Å². The summed E-state index contributed by atoms with van der Waals surface area (Å²) < 4.78 is 28.7. The topological polar surface area (TPSA) is 75.5 Å². The molecule has 2 aromatic carbocycles. The second-order valence-corrected chi connectivity index (χ2v) is 10.2. The van der Waals surface area contributed by atoms with Gasteiger partial charge in [0.05, 0.1) is 11.4 Å². The Balaban J connectivity index is 1.30. The number of rotatable bonds is 6. The number of benzene rings is 2. The summed E-state index contributed by atoms with van der Waals surface area (Å²) in [4.78, 5) is 15.1. The highest BCUT2D eigenvalue weighted by Gasteiger charge is 2.32. The third kappa shape index (κ3) is 4.77. The summed E-state index contributed by atoms with van der Waals surface area (Å²) >= 11 is 0. The Bertz CT molecular complexity index is 1260. The fourth-order valence-electron chi connectivity index (χ4n) is 4.02. The summed E-state index contributed by atoms with van der Waals surface area (Å²) in [7, 11) is -3.55. The first-order chi connectivity index (χ1) is 16.0. The zero-order valence-corrected chi connectivity index (χ0v) is 19.1. The number of piperazine rings is 1. The van der Waals surface area contributed by atoms with E-state index in [1.54, 1.807) is 15.7 Å². The van der Waals surface area contributed by atoms with Crippen LogP contribution in [0.1, 0.15) is 40.5 Å². The van der Waals surface area contributed by atoms with Gasteiger partial charge in [-0.2, -0.15) is 9.40 Å². The molecule has 8 heteroatoms. The highest BCUT2D eigenvalue weighted by Crippen LogP contribution is 2.40. The third-order valence-electron chi connectivity index (χ3n) is 6.06. The van der Waals surface area contributed by atoms with Crippen molar-refractivity contribution in [3.8, 4) is 5.69 Å². The van der Waals surface area contributed by atoms with Crippen molar-refractivity contribution >= 4 is 22.0 Å². The van der Waals surface area contributed by atoms with Crippen LogP contribution in [0.3, 0.4) is 0 Å². The van der Waals surface area contributed by atoms with Crippen LogP contribution in [0.15, 0.2) is 72.1 Å². The maximum Gasteiger partial charge on any atom is 0.272 e. The summed E-state index contributed by atoms with van der Waals surface area (Å²) in [6.45, 7) is 1.22. The maximum atomic E-state index is 13.4. The average molecular weight is 463 g/mol. The summed E-state index contributed by atoms with van der Waals surface area (Å²) in [5.41, 5.74) is 3.16. The Hall–Kier alpha value is -3.23. The largest absolute Gasteiger partial charge is 0.335 e. The Morgan fingerprint density at radius 3 is 2.18 bits per heavy atom. The van der Waals surface area contributed by atoms with Crippen LogP contribution in [-0.4, -0.2) is 59.5 Å². The molecule has 1 saturated carbocycles. The van der Waals surface area contributed by atoms with Gasteiger partial charge in [-0.3, -0.25) is 4.79 Å². The normalized spacial score (nSPS) is 17.5. The monoisotopic (exact) mass is 462 g/mol. The third-order valence-corrected chi connectivity index (χ3v) is 7.63. The van der Waals surface area contributed by atoms with Crippen molar-refractivity contribution in [3.63, 3.8) is 0 Å². The van der Waals surface area contributed by atoms with E-state index in [0.29, 0.717) is 24.7 Å². The quantitative estimate of drug-likeness (QED) is 0.562. The average Bonchev–Trinajstić information content (AvgIpc) is 3.62. The minimum Gasteiger partial charge on any atom is -0.335 e. The molecule has 0 spiro atoms. The number of carbonyl (C=O) groups excluding carboxylic acids is 1. The zero-order valence-electron chi connectivity index (χ0n) is 18.2. The molecule has 0 unspecified atom stereocenters. The molecular weight excluding hydrogens is 436 g/mol. The van der Waals surface area contributed by atoms with E-state index in [-0.39, 0.29) is 19.0 Å². The summed E-state index contributed by atoms with van der Waals surface area (Å²) in [6.07, 6.45) is 3.81. The lowest BCUT2D eigenvalue weighted by Crippen LogP contribution is -2.50. The first-order valence-electron chi connectivity index (χ1n) is 11.2. The molecule has 2 fully saturated rings. The van der Waals surface area contributed by atoms with Gasteiger partial charge in [0.25, 0.3) is 5.91 Å². The van der Waals surface area contributed by atoms with Gasteiger partial charge in [0.2, 0.25) is 10.0 Å². The lowest BCUT2D eigenvalue weighted by Gasteiger charge is -2.33. The van der Waals surface area contributed by atoms with Crippen LogP contribution < -0.4 is 0 Å². The number of carbonyl (C=O) groups is 1. The van der Waals surface area contributed by atoms with Crippen molar-refractivity contribution in [1.82, 2.24) is 19.0 Å². The van der Waals surface area contributed by atoms with E-state index in [0.717, 1.165) is 29.8 Å². The smallest absolute Gasteiger partial charge is 0.272 e. The molecule has 0 bridgehead atoms. The van der Waals surface area contributed by atoms with Crippen LogP contribution in [0.5, 0.6) is 0 Å². The number of hydrogen-bond acceptors (Lipinski definition) is 4. The molecule has 1 amide bonds. The van der Waals surface area contributed by atoms with Crippen LogP contribution in [0, 0.1) is 0 Å². The van der Waals surface area contributed by atoms with Crippen LogP contribution in [0.2, 0.25) is 0 Å². The van der Waals surface area contributed by atoms with E-state index in [1.165, 1.54) is 9.71 Å². The molecule has 33 heavy (non-hydrogen) atoms. The number of aromatic nitrogens is 2. The molecule has 1 aromatic heterocycles. The van der Waals surface area contributed by atoms with E-state index < -0.39 is 10.0 Å². The van der Waals surface area contributed by atoms with E-state index >= 15 is 0 Å². The number of para-hydroxylation sites is 1. The summed E-state index contributed by atoms with van der Waals surface area (Å²) in [5.74, 6) is 0.315. The fourth-order valence-corrected chi connectivity index (χ4v) is 5.19.